The van der Waals surface area contributed by atoms with Crippen LogP contribution in [0.4, 0.5) is 5.69 Å². The van der Waals surface area contributed by atoms with Crippen molar-refractivity contribution in [3.63, 3.8) is 0 Å². The number of pyridine rings is 1. The molecule has 2 aromatic carbocycles. The SMILES string of the molecule is COC1OC(Cn2cc(COc3nccc(-c4ccc5cc(N6CCCCC6)ccc5c4)c3C#N)nn2)C(O)C(O)C1C. The highest BCUT2D eigenvalue weighted by molar-refractivity contribution is 5.90. The van der Waals surface area contributed by atoms with Crippen LogP contribution in [0.25, 0.3) is 21.9 Å². The van der Waals surface area contributed by atoms with Crippen LogP contribution in [0.3, 0.4) is 0 Å². The number of methoxy groups -OCH3 is 1. The molecule has 5 atom stereocenters. The van der Waals surface area contributed by atoms with Gasteiger partial charge in [-0.25, -0.2) is 9.67 Å². The van der Waals surface area contributed by atoms with Crippen molar-refractivity contribution in [1.82, 2.24) is 20.0 Å². The maximum Gasteiger partial charge on any atom is 0.232 e. The van der Waals surface area contributed by atoms with Crippen LogP contribution >= 0.6 is 0 Å². The molecule has 0 saturated carbocycles. The van der Waals surface area contributed by atoms with Crippen molar-refractivity contribution in [1.29, 1.82) is 5.26 Å². The summed E-state index contributed by atoms with van der Waals surface area (Å²) in [4.78, 5) is 6.77. The van der Waals surface area contributed by atoms with Crippen LogP contribution < -0.4 is 9.64 Å². The first-order valence-electron chi connectivity index (χ1n) is 14.7. The van der Waals surface area contributed by atoms with Crippen molar-refractivity contribution < 1.29 is 24.4 Å². The van der Waals surface area contributed by atoms with Crippen molar-refractivity contribution in [2.24, 2.45) is 5.92 Å². The summed E-state index contributed by atoms with van der Waals surface area (Å²) in [5.74, 6) is -0.165. The third-order valence-corrected chi connectivity index (χ3v) is 8.43. The van der Waals surface area contributed by atoms with E-state index in [1.54, 1.807) is 19.3 Å². The van der Waals surface area contributed by atoms with Crippen molar-refractivity contribution in [3.05, 3.63) is 66.1 Å². The van der Waals surface area contributed by atoms with E-state index in [2.05, 4.69) is 56.6 Å². The first kappa shape index (κ1) is 29.0. The van der Waals surface area contributed by atoms with Gasteiger partial charge in [-0.3, -0.25) is 0 Å². The molecular weight excluding hydrogens is 548 g/mol. The minimum absolute atomic E-state index is 0.0383. The molecule has 4 aromatic rings. The van der Waals surface area contributed by atoms with Gasteiger partial charge < -0.3 is 29.3 Å². The molecule has 0 amide bonds. The molecule has 2 aromatic heterocycles. The summed E-state index contributed by atoms with van der Waals surface area (Å²) >= 11 is 0. The second kappa shape index (κ2) is 12.7. The van der Waals surface area contributed by atoms with Gasteiger partial charge in [0.15, 0.2) is 6.29 Å². The molecule has 6 rings (SSSR count). The molecule has 11 heteroatoms. The van der Waals surface area contributed by atoms with Gasteiger partial charge in [-0.1, -0.05) is 30.3 Å². The lowest BCUT2D eigenvalue weighted by Crippen LogP contribution is -2.55. The predicted molar refractivity (Wildman–Crippen MR) is 159 cm³/mol. The first-order valence-corrected chi connectivity index (χ1v) is 14.7. The maximum absolute atomic E-state index is 10.5. The van der Waals surface area contributed by atoms with Crippen LogP contribution in [-0.4, -0.2) is 75.0 Å². The Morgan fingerprint density at radius 2 is 1.84 bits per heavy atom. The number of rotatable bonds is 8. The second-order valence-electron chi connectivity index (χ2n) is 11.3. The molecule has 2 saturated heterocycles. The monoisotopic (exact) mass is 584 g/mol. The average Bonchev–Trinajstić information content (AvgIpc) is 3.50. The quantitative estimate of drug-likeness (QED) is 0.315. The molecular formula is C32H36N6O5. The molecule has 4 heterocycles. The molecule has 43 heavy (non-hydrogen) atoms. The van der Waals surface area contributed by atoms with Crippen LogP contribution in [0.15, 0.2) is 54.9 Å². The Labute approximate surface area is 250 Å². The fraction of sp³-hybridized carbons (Fsp3) is 0.438. The molecule has 2 N–H and O–H groups in total. The molecule has 5 unspecified atom stereocenters. The van der Waals surface area contributed by atoms with E-state index in [4.69, 9.17) is 14.2 Å². The third-order valence-electron chi connectivity index (χ3n) is 8.43. The van der Waals surface area contributed by atoms with Gasteiger partial charge in [-0.05, 0) is 59.9 Å². The topological polar surface area (TPSA) is 139 Å². The molecule has 224 valence electrons. The largest absolute Gasteiger partial charge is 0.470 e. The summed E-state index contributed by atoms with van der Waals surface area (Å²) in [5, 5.41) is 41.4. The zero-order valence-electron chi connectivity index (χ0n) is 24.3. The number of hydrogen-bond donors (Lipinski definition) is 2. The van der Waals surface area contributed by atoms with Gasteiger partial charge in [0.2, 0.25) is 5.88 Å². The molecule has 2 fully saturated rings. The van der Waals surface area contributed by atoms with Gasteiger partial charge in [0.05, 0.1) is 18.8 Å². The number of ether oxygens (including phenoxy) is 3. The van der Waals surface area contributed by atoms with Crippen molar-refractivity contribution in [2.75, 3.05) is 25.1 Å². The van der Waals surface area contributed by atoms with Gasteiger partial charge in [-0.15, -0.1) is 5.10 Å². The van der Waals surface area contributed by atoms with Gasteiger partial charge in [0, 0.05) is 43.6 Å². The Morgan fingerprint density at radius 3 is 2.63 bits per heavy atom. The molecule has 2 aliphatic rings. The summed E-state index contributed by atoms with van der Waals surface area (Å²) in [5.41, 5.74) is 3.75. The Morgan fingerprint density at radius 1 is 1.05 bits per heavy atom. The number of benzene rings is 2. The predicted octanol–water partition coefficient (Wildman–Crippen LogP) is 3.66. The van der Waals surface area contributed by atoms with Crippen LogP contribution in [0.5, 0.6) is 5.88 Å². The van der Waals surface area contributed by atoms with E-state index in [0.29, 0.717) is 11.3 Å². The normalized spacial score (nSPS) is 24.2. The Balaban J connectivity index is 1.15. The van der Waals surface area contributed by atoms with E-state index in [1.165, 1.54) is 36.7 Å². The minimum Gasteiger partial charge on any atom is -0.470 e. The Kier molecular flexibility index (Phi) is 8.54. The van der Waals surface area contributed by atoms with E-state index >= 15 is 0 Å². The molecule has 0 aliphatic carbocycles. The number of hydrogen-bond acceptors (Lipinski definition) is 10. The zero-order valence-corrected chi connectivity index (χ0v) is 24.3. The number of fused-ring (bicyclic) bond motifs is 1. The number of aliphatic hydroxyl groups excluding tert-OH is 2. The number of nitriles is 1. The van der Waals surface area contributed by atoms with Gasteiger partial charge in [-0.2, -0.15) is 5.26 Å². The van der Waals surface area contributed by atoms with Crippen molar-refractivity contribution in [2.45, 2.75) is 63.9 Å². The van der Waals surface area contributed by atoms with E-state index in [-0.39, 0.29) is 24.9 Å². The molecule has 0 bridgehead atoms. The van der Waals surface area contributed by atoms with Crippen molar-refractivity contribution in [3.8, 4) is 23.1 Å². The van der Waals surface area contributed by atoms with Crippen molar-refractivity contribution >= 4 is 16.5 Å². The maximum atomic E-state index is 10.5. The Hall–Kier alpha value is -4.08. The third kappa shape index (κ3) is 6.05. The molecule has 2 aliphatic heterocycles. The Bertz CT molecular complexity index is 1610. The lowest BCUT2D eigenvalue weighted by Gasteiger charge is -2.40. The van der Waals surface area contributed by atoms with Gasteiger partial charge in [0.25, 0.3) is 0 Å². The summed E-state index contributed by atoms with van der Waals surface area (Å²) < 4.78 is 18.6. The van der Waals surface area contributed by atoms with Crippen LogP contribution in [-0.2, 0) is 22.6 Å². The summed E-state index contributed by atoms with van der Waals surface area (Å²) in [7, 11) is 1.50. The molecule has 0 spiro atoms. The standard InChI is InChI=1S/C32H36N6O5/c1-20-29(39)30(40)28(43-32(20)41-2)18-38-17-24(35-36-38)19-42-31-27(16-33)26(10-11-34-31)23-7-6-22-15-25(9-8-21(22)14-23)37-12-4-3-5-13-37/h6-11,14-15,17,20,28-30,32,39-40H,3-5,12-13,18-19H2,1-2H3. The summed E-state index contributed by atoms with van der Waals surface area (Å²) in [6.07, 6.45) is 3.61. The molecule has 11 nitrogen and oxygen atoms in total. The fourth-order valence-electron chi connectivity index (χ4n) is 5.96. The minimum atomic E-state index is -1.10. The van der Waals surface area contributed by atoms with Gasteiger partial charge >= 0.3 is 0 Å². The highest BCUT2D eigenvalue weighted by atomic mass is 16.7. The average molecular weight is 585 g/mol. The lowest BCUT2D eigenvalue weighted by molar-refractivity contribution is -0.272. The number of aliphatic hydroxyl groups is 2. The number of nitrogens with zero attached hydrogens (tertiary/aromatic N) is 6. The van der Waals surface area contributed by atoms with E-state index < -0.39 is 24.6 Å². The fourth-order valence-corrected chi connectivity index (χ4v) is 5.96. The van der Waals surface area contributed by atoms with E-state index in [0.717, 1.165) is 35.0 Å². The summed E-state index contributed by atoms with van der Waals surface area (Å²) in [6, 6.07) is 16.9. The van der Waals surface area contributed by atoms with E-state index in [9.17, 15) is 15.5 Å². The van der Waals surface area contributed by atoms with Crippen LogP contribution in [0.1, 0.15) is 37.4 Å². The van der Waals surface area contributed by atoms with Gasteiger partial charge in [0.1, 0.15) is 36.1 Å². The second-order valence-corrected chi connectivity index (χ2v) is 11.3. The first-order chi connectivity index (χ1) is 20.9. The lowest BCUT2D eigenvalue weighted by atomic mass is 9.92. The molecule has 0 radical (unpaired) electrons. The highest BCUT2D eigenvalue weighted by Crippen LogP contribution is 2.33. The number of piperidine rings is 1. The smallest absolute Gasteiger partial charge is 0.232 e. The zero-order chi connectivity index (χ0) is 29.9. The number of aromatic nitrogens is 4. The van der Waals surface area contributed by atoms with Crippen LogP contribution in [0, 0.1) is 17.2 Å². The highest BCUT2D eigenvalue weighted by Gasteiger charge is 2.42. The van der Waals surface area contributed by atoms with Crippen LogP contribution in [0.2, 0.25) is 0 Å². The van der Waals surface area contributed by atoms with E-state index in [1.807, 2.05) is 12.1 Å². The summed E-state index contributed by atoms with van der Waals surface area (Å²) in [6.45, 7) is 4.16. The number of anilines is 1.